The lowest BCUT2D eigenvalue weighted by Crippen LogP contribution is -2.46. The van der Waals surface area contributed by atoms with Gasteiger partial charge in [-0.15, -0.1) is 0 Å². The molecular formula is C19H20ClN7O4. The summed E-state index contributed by atoms with van der Waals surface area (Å²) in [4.78, 5) is 45.7. The number of amides is 1. The number of halogens is 1. The number of rotatable bonds is 2. The minimum atomic E-state index is -0.250. The summed E-state index contributed by atoms with van der Waals surface area (Å²) in [6.45, 7) is 2.75. The number of hydrogen-bond acceptors (Lipinski definition) is 8. The van der Waals surface area contributed by atoms with Crippen molar-refractivity contribution in [3.05, 3.63) is 41.7 Å². The summed E-state index contributed by atoms with van der Waals surface area (Å²) >= 11 is 5.90. The van der Waals surface area contributed by atoms with E-state index in [-0.39, 0.29) is 24.3 Å². The molecule has 2 atom stereocenters. The van der Waals surface area contributed by atoms with E-state index in [1.165, 1.54) is 12.5 Å². The molecular weight excluding hydrogens is 426 g/mol. The number of anilines is 1. The molecule has 2 bridgehead atoms. The minimum absolute atomic E-state index is 0.0230. The van der Waals surface area contributed by atoms with Crippen LogP contribution in [0.25, 0.3) is 11.2 Å². The van der Waals surface area contributed by atoms with Crippen LogP contribution in [0.1, 0.15) is 10.5 Å². The lowest BCUT2D eigenvalue weighted by Gasteiger charge is -2.31. The highest BCUT2D eigenvalue weighted by Crippen LogP contribution is 2.28. The number of aromatic amines is 1. The van der Waals surface area contributed by atoms with Crippen LogP contribution in [-0.4, -0.2) is 86.2 Å². The average Bonchev–Trinajstić information content (AvgIpc) is 3.06. The zero-order chi connectivity index (χ0) is 21.8. The van der Waals surface area contributed by atoms with Crippen molar-refractivity contribution in [3.63, 3.8) is 0 Å². The molecule has 2 fully saturated rings. The second-order valence-corrected chi connectivity index (χ2v) is 7.62. The quantitative estimate of drug-likeness (QED) is 0.555. The van der Waals surface area contributed by atoms with Crippen molar-refractivity contribution in [1.82, 2.24) is 29.8 Å². The highest BCUT2D eigenvalue weighted by molar-refractivity contribution is 6.30. The summed E-state index contributed by atoms with van der Waals surface area (Å²) in [6, 6.07) is 3.33. The van der Waals surface area contributed by atoms with Gasteiger partial charge in [-0.2, -0.15) is 0 Å². The molecule has 1 amide bonds. The molecule has 3 aromatic rings. The Labute approximate surface area is 182 Å². The van der Waals surface area contributed by atoms with Gasteiger partial charge < -0.3 is 24.6 Å². The summed E-state index contributed by atoms with van der Waals surface area (Å²) < 4.78 is 5.87. The van der Waals surface area contributed by atoms with Gasteiger partial charge in [0.25, 0.3) is 12.4 Å². The monoisotopic (exact) mass is 445 g/mol. The smallest absolute Gasteiger partial charge is 0.290 e. The van der Waals surface area contributed by atoms with E-state index in [2.05, 4.69) is 29.8 Å². The SMILES string of the molecule is O=C(c1ccc(Cl)cn1)N1C[C@@H]2COC[C@H](C1)N(c1ncnc3nc[nH]c13)C2.O=CO. The Morgan fingerprint density at radius 3 is 2.81 bits per heavy atom. The standard InChI is InChI=1S/C18H18ClN7O2.CH2O2/c19-12-1-2-14(20-3-12)18(27)25-4-11-5-26(13(6-25)8-28-7-11)17-15-16(22-9-21-15)23-10-24-17;2-1-3/h1-3,9-11,13H,4-8H2,(H,21,22,23,24);1H,(H,2,3)/t11-,13-;/m0./s1. The number of nitrogens with one attached hydrogen (secondary N) is 1. The van der Waals surface area contributed by atoms with Crippen molar-refractivity contribution < 1.29 is 19.4 Å². The van der Waals surface area contributed by atoms with Crippen molar-refractivity contribution in [2.75, 3.05) is 37.7 Å². The second kappa shape index (κ2) is 9.23. The molecule has 31 heavy (non-hydrogen) atoms. The summed E-state index contributed by atoms with van der Waals surface area (Å²) in [5, 5.41) is 7.40. The summed E-state index contributed by atoms with van der Waals surface area (Å²) in [5.41, 5.74) is 1.82. The van der Waals surface area contributed by atoms with E-state index in [9.17, 15) is 4.79 Å². The van der Waals surface area contributed by atoms with Gasteiger partial charge in [0.15, 0.2) is 11.5 Å². The van der Waals surface area contributed by atoms with Gasteiger partial charge in [-0.05, 0) is 12.1 Å². The number of carboxylic acid groups (broad SMARTS) is 1. The zero-order valence-corrected chi connectivity index (χ0v) is 17.1. The van der Waals surface area contributed by atoms with E-state index in [1.807, 2.05) is 4.90 Å². The third kappa shape index (κ3) is 4.42. The van der Waals surface area contributed by atoms with Crippen molar-refractivity contribution in [2.24, 2.45) is 5.92 Å². The van der Waals surface area contributed by atoms with E-state index >= 15 is 0 Å². The van der Waals surface area contributed by atoms with Gasteiger partial charge in [-0.1, -0.05) is 11.6 Å². The highest BCUT2D eigenvalue weighted by Gasteiger charge is 2.37. The lowest BCUT2D eigenvalue weighted by molar-refractivity contribution is -0.122. The van der Waals surface area contributed by atoms with Crippen LogP contribution in [0.4, 0.5) is 5.82 Å². The Balaban J connectivity index is 0.000000730. The number of imidazole rings is 1. The molecule has 2 aliphatic heterocycles. The first-order chi connectivity index (χ1) is 15.1. The Morgan fingerprint density at radius 1 is 1.19 bits per heavy atom. The van der Waals surface area contributed by atoms with Gasteiger partial charge in [0.1, 0.15) is 17.5 Å². The molecule has 2 aliphatic rings. The number of carbonyl (C=O) groups excluding carboxylic acids is 1. The molecule has 11 nitrogen and oxygen atoms in total. The van der Waals surface area contributed by atoms with Gasteiger partial charge in [-0.25, -0.2) is 19.9 Å². The summed E-state index contributed by atoms with van der Waals surface area (Å²) in [5.74, 6) is 0.864. The van der Waals surface area contributed by atoms with Crippen LogP contribution in [0.15, 0.2) is 31.0 Å². The molecule has 0 spiro atoms. The van der Waals surface area contributed by atoms with Gasteiger partial charge in [-0.3, -0.25) is 9.59 Å². The van der Waals surface area contributed by atoms with Crippen molar-refractivity contribution in [1.29, 1.82) is 0 Å². The van der Waals surface area contributed by atoms with Crippen LogP contribution >= 0.6 is 11.6 Å². The van der Waals surface area contributed by atoms with Crippen molar-refractivity contribution >= 4 is 41.0 Å². The Morgan fingerprint density at radius 2 is 2.03 bits per heavy atom. The second-order valence-electron chi connectivity index (χ2n) is 7.19. The molecule has 0 saturated carbocycles. The van der Waals surface area contributed by atoms with Crippen LogP contribution in [0.2, 0.25) is 5.02 Å². The van der Waals surface area contributed by atoms with Crippen LogP contribution in [0.5, 0.6) is 0 Å². The van der Waals surface area contributed by atoms with Crippen molar-refractivity contribution in [3.8, 4) is 0 Å². The van der Waals surface area contributed by atoms with E-state index < -0.39 is 0 Å². The molecule has 3 aromatic heterocycles. The normalized spacial score (nSPS) is 20.5. The third-order valence-corrected chi connectivity index (χ3v) is 5.40. The molecule has 162 valence electrons. The fourth-order valence-electron chi connectivity index (χ4n) is 3.90. The number of pyridine rings is 1. The van der Waals surface area contributed by atoms with Crippen LogP contribution < -0.4 is 4.90 Å². The minimum Gasteiger partial charge on any atom is -0.483 e. The lowest BCUT2D eigenvalue weighted by atomic mass is 10.1. The van der Waals surface area contributed by atoms with Gasteiger partial charge in [0.05, 0.1) is 30.6 Å². The maximum absolute atomic E-state index is 13.0. The molecule has 0 radical (unpaired) electrons. The fraction of sp³-hybridized carbons (Fsp3) is 0.368. The maximum Gasteiger partial charge on any atom is 0.290 e. The predicted molar refractivity (Wildman–Crippen MR) is 111 cm³/mol. The number of carbonyl (C=O) groups is 2. The average molecular weight is 446 g/mol. The molecule has 5 heterocycles. The van der Waals surface area contributed by atoms with Gasteiger partial charge in [0.2, 0.25) is 0 Å². The van der Waals surface area contributed by atoms with E-state index in [1.54, 1.807) is 18.5 Å². The third-order valence-electron chi connectivity index (χ3n) is 5.18. The number of aromatic nitrogens is 5. The van der Waals surface area contributed by atoms with E-state index in [4.69, 9.17) is 26.2 Å². The zero-order valence-electron chi connectivity index (χ0n) is 16.4. The largest absolute Gasteiger partial charge is 0.483 e. The first kappa shape index (κ1) is 20.9. The van der Waals surface area contributed by atoms with E-state index in [0.717, 1.165) is 17.9 Å². The molecule has 0 unspecified atom stereocenters. The number of fused-ring (bicyclic) bond motifs is 4. The first-order valence-electron chi connectivity index (χ1n) is 9.57. The Hall–Kier alpha value is -3.31. The fourth-order valence-corrected chi connectivity index (χ4v) is 4.01. The molecule has 0 aliphatic carbocycles. The first-order valence-corrected chi connectivity index (χ1v) is 9.95. The van der Waals surface area contributed by atoms with E-state index in [0.29, 0.717) is 42.7 Å². The Bertz CT molecular complexity index is 1060. The molecule has 5 rings (SSSR count). The molecule has 12 heteroatoms. The van der Waals surface area contributed by atoms with Gasteiger partial charge in [0, 0.05) is 31.7 Å². The topological polar surface area (TPSA) is 137 Å². The number of hydrogen-bond donors (Lipinski definition) is 2. The van der Waals surface area contributed by atoms with Crippen molar-refractivity contribution in [2.45, 2.75) is 6.04 Å². The predicted octanol–water partition coefficient (Wildman–Crippen LogP) is 1.08. The van der Waals surface area contributed by atoms with Crippen LogP contribution in [-0.2, 0) is 9.53 Å². The maximum atomic E-state index is 13.0. The molecule has 0 aromatic carbocycles. The highest BCUT2D eigenvalue weighted by atomic mass is 35.5. The summed E-state index contributed by atoms with van der Waals surface area (Å²) in [7, 11) is 0. The Kier molecular flexibility index (Phi) is 6.23. The molecule has 2 N–H and O–H groups in total. The van der Waals surface area contributed by atoms with Gasteiger partial charge >= 0.3 is 0 Å². The van der Waals surface area contributed by atoms with Crippen LogP contribution in [0.3, 0.4) is 0 Å². The summed E-state index contributed by atoms with van der Waals surface area (Å²) in [6.07, 6.45) is 4.64. The molecule has 2 saturated heterocycles. The van der Waals surface area contributed by atoms with Crippen LogP contribution in [0, 0.1) is 5.92 Å². The number of ether oxygens (including phenoxy) is 1. The number of H-pyrrole nitrogens is 1. The number of nitrogens with zero attached hydrogens (tertiary/aromatic N) is 6.